The van der Waals surface area contributed by atoms with Gasteiger partial charge in [-0.25, -0.2) is 0 Å². The summed E-state index contributed by atoms with van der Waals surface area (Å²) in [6.45, 7) is 9.32. The van der Waals surface area contributed by atoms with Crippen molar-refractivity contribution in [1.29, 1.82) is 0 Å². The van der Waals surface area contributed by atoms with E-state index in [1.165, 1.54) is 0 Å². The maximum atomic E-state index is 11.5. The molecule has 1 aliphatic rings. The molecule has 1 atom stereocenters. The fourth-order valence-electron chi connectivity index (χ4n) is 1.66. The Bertz CT molecular complexity index is 203. The number of nitrogens with one attached hydrogen (secondary N) is 1. The van der Waals surface area contributed by atoms with Crippen molar-refractivity contribution in [1.82, 2.24) is 10.2 Å². The Balaban J connectivity index is 2.03. The minimum absolute atomic E-state index is 0.152. The van der Waals surface area contributed by atoms with Crippen molar-refractivity contribution in [2.75, 3.05) is 39.4 Å². The molecule has 1 radical (unpaired) electrons. The lowest BCUT2D eigenvalue weighted by atomic mass is 10.1. The van der Waals surface area contributed by atoms with Gasteiger partial charge in [0.25, 0.3) is 0 Å². The first-order valence-corrected chi connectivity index (χ1v) is 6.08. The average molecular weight is 227 g/mol. The van der Waals surface area contributed by atoms with Gasteiger partial charge in [0.1, 0.15) is 0 Å². The van der Waals surface area contributed by atoms with E-state index in [1.807, 2.05) is 6.92 Å². The summed E-state index contributed by atoms with van der Waals surface area (Å²) in [7, 11) is 0. The Morgan fingerprint density at radius 1 is 1.50 bits per heavy atom. The summed E-state index contributed by atoms with van der Waals surface area (Å²) in [6, 6.07) is 0. The molecule has 1 amide bonds. The Hall–Kier alpha value is -0.610. The lowest BCUT2D eigenvalue weighted by Crippen LogP contribution is -2.41. The molecule has 0 aromatic rings. The van der Waals surface area contributed by atoms with Gasteiger partial charge in [0, 0.05) is 32.6 Å². The molecule has 0 bridgehead atoms. The van der Waals surface area contributed by atoms with Crippen LogP contribution in [0.1, 0.15) is 20.3 Å². The van der Waals surface area contributed by atoms with Gasteiger partial charge < -0.3 is 10.1 Å². The molecule has 0 spiro atoms. The van der Waals surface area contributed by atoms with Crippen LogP contribution in [-0.4, -0.2) is 50.2 Å². The molecule has 1 N–H and O–H groups in total. The van der Waals surface area contributed by atoms with Gasteiger partial charge >= 0.3 is 0 Å². The molecule has 0 aromatic carbocycles. The highest BCUT2D eigenvalue weighted by molar-refractivity contribution is 5.76. The van der Waals surface area contributed by atoms with E-state index < -0.39 is 0 Å². The molecular weight excluding hydrogens is 204 g/mol. The smallest absolute Gasteiger partial charge is 0.220 e. The third kappa shape index (κ3) is 5.47. The minimum atomic E-state index is 0.152. The summed E-state index contributed by atoms with van der Waals surface area (Å²) in [5.74, 6) is 0.516. The Morgan fingerprint density at radius 2 is 2.19 bits per heavy atom. The third-order valence-electron chi connectivity index (χ3n) is 2.93. The number of hydrogen-bond acceptors (Lipinski definition) is 3. The molecule has 1 fully saturated rings. The second-order valence-corrected chi connectivity index (χ2v) is 4.32. The number of nitrogens with zero attached hydrogens (tertiary/aromatic N) is 1. The number of carbonyl (C=O) groups excluding carboxylic acids is 1. The fraction of sp³-hybridized carbons (Fsp3) is 0.833. The first-order valence-electron chi connectivity index (χ1n) is 6.08. The lowest BCUT2D eigenvalue weighted by Gasteiger charge is -2.26. The van der Waals surface area contributed by atoms with Crippen molar-refractivity contribution in [3.05, 3.63) is 6.42 Å². The maximum Gasteiger partial charge on any atom is 0.220 e. The van der Waals surface area contributed by atoms with Gasteiger partial charge in [-0.05, 0) is 12.3 Å². The largest absolute Gasteiger partial charge is 0.379 e. The molecule has 4 nitrogen and oxygen atoms in total. The van der Waals surface area contributed by atoms with E-state index in [0.717, 1.165) is 39.4 Å². The quantitative estimate of drug-likeness (QED) is 0.725. The van der Waals surface area contributed by atoms with E-state index in [1.54, 1.807) is 0 Å². The highest BCUT2D eigenvalue weighted by Gasteiger charge is 2.11. The first kappa shape index (κ1) is 13.5. The number of ether oxygens (including phenoxy) is 1. The number of amides is 1. The van der Waals surface area contributed by atoms with Gasteiger partial charge in [0.2, 0.25) is 5.91 Å². The van der Waals surface area contributed by atoms with Gasteiger partial charge in [0.05, 0.1) is 13.2 Å². The van der Waals surface area contributed by atoms with Crippen LogP contribution in [0.4, 0.5) is 0 Å². The maximum absolute atomic E-state index is 11.5. The number of carbonyl (C=O) groups is 1. The number of morpholine rings is 1. The summed E-state index contributed by atoms with van der Waals surface area (Å²) in [6.07, 6.45) is 2.65. The summed E-state index contributed by atoms with van der Waals surface area (Å²) in [5, 5.41) is 2.95. The minimum Gasteiger partial charge on any atom is -0.379 e. The van der Waals surface area contributed by atoms with Gasteiger partial charge in [-0.1, -0.05) is 13.8 Å². The molecule has 1 saturated heterocycles. The molecule has 0 saturated carbocycles. The summed E-state index contributed by atoms with van der Waals surface area (Å²) in [5.41, 5.74) is 0. The Labute approximate surface area is 98.3 Å². The zero-order valence-electron chi connectivity index (χ0n) is 10.4. The second kappa shape index (κ2) is 7.63. The van der Waals surface area contributed by atoms with Crippen LogP contribution in [0.3, 0.4) is 0 Å². The van der Waals surface area contributed by atoms with Crippen molar-refractivity contribution in [3.8, 4) is 0 Å². The van der Waals surface area contributed by atoms with Gasteiger partial charge in [-0.3, -0.25) is 9.69 Å². The van der Waals surface area contributed by atoms with Crippen molar-refractivity contribution < 1.29 is 9.53 Å². The second-order valence-electron chi connectivity index (χ2n) is 4.32. The molecule has 1 heterocycles. The number of rotatable bonds is 6. The van der Waals surface area contributed by atoms with Crippen molar-refractivity contribution in [3.63, 3.8) is 0 Å². The van der Waals surface area contributed by atoms with Crippen LogP contribution in [0.5, 0.6) is 0 Å². The Kier molecular flexibility index (Phi) is 6.42. The Morgan fingerprint density at radius 3 is 2.81 bits per heavy atom. The van der Waals surface area contributed by atoms with Gasteiger partial charge in [-0.15, -0.1) is 0 Å². The zero-order chi connectivity index (χ0) is 11.8. The highest BCUT2D eigenvalue weighted by Crippen LogP contribution is 2.04. The zero-order valence-corrected chi connectivity index (χ0v) is 10.4. The molecule has 16 heavy (non-hydrogen) atoms. The predicted octanol–water partition coefficient (Wildman–Crippen LogP) is 0.685. The first-order chi connectivity index (χ1) is 7.72. The van der Waals surface area contributed by atoms with Crippen LogP contribution in [0.2, 0.25) is 0 Å². The fourth-order valence-corrected chi connectivity index (χ4v) is 1.66. The molecule has 0 aliphatic carbocycles. The topological polar surface area (TPSA) is 41.6 Å². The highest BCUT2D eigenvalue weighted by atomic mass is 16.5. The van der Waals surface area contributed by atoms with Crippen molar-refractivity contribution in [2.24, 2.45) is 5.92 Å². The normalized spacial score (nSPS) is 19.4. The van der Waals surface area contributed by atoms with E-state index in [0.29, 0.717) is 12.3 Å². The van der Waals surface area contributed by atoms with Gasteiger partial charge in [-0.2, -0.15) is 0 Å². The van der Waals surface area contributed by atoms with Crippen LogP contribution < -0.4 is 5.32 Å². The van der Waals surface area contributed by atoms with E-state index in [2.05, 4.69) is 23.6 Å². The predicted molar refractivity (Wildman–Crippen MR) is 64.0 cm³/mol. The summed E-state index contributed by atoms with van der Waals surface area (Å²) < 4.78 is 5.26. The van der Waals surface area contributed by atoms with E-state index in [4.69, 9.17) is 4.74 Å². The van der Waals surface area contributed by atoms with E-state index in [9.17, 15) is 4.79 Å². The van der Waals surface area contributed by atoms with Crippen LogP contribution >= 0.6 is 0 Å². The third-order valence-corrected chi connectivity index (χ3v) is 2.93. The molecule has 1 aliphatic heterocycles. The molecule has 0 unspecified atom stereocenters. The van der Waals surface area contributed by atoms with Crippen molar-refractivity contribution in [2.45, 2.75) is 20.3 Å². The molecule has 0 aromatic heterocycles. The van der Waals surface area contributed by atoms with Crippen LogP contribution in [0, 0.1) is 12.3 Å². The molecule has 93 valence electrons. The average Bonchev–Trinajstić information content (AvgIpc) is 2.30. The molecule has 4 heteroatoms. The SMILES string of the molecule is C[CH][C@H](C)CC(=O)NCCN1CCOCC1. The number of hydrogen-bond donors (Lipinski definition) is 1. The van der Waals surface area contributed by atoms with Gasteiger partial charge in [0.15, 0.2) is 0 Å². The molecular formula is C12H23N2O2. The van der Waals surface area contributed by atoms with Crippen LogP contribution in [0.25, 0.3) is 0 Å². The van der Waals surface area contributed by atoms with E-state index >= 15 is 0 Å². The molecule has 1 rings (SSSR count). The summed E-state index contributed by atoms with van der Waals surface area (Å²) in [4.78, 5) is 13.8. The van der Waals surface area contributed by atoms with Crippen LogP contribution in [-0.2, 0) is 9.53 Å². The van der Waals surface area contributed by atoms with Crippen LogP contribution in [0.15, 0.2) is 0 Å². The lowest BCUT2D eigenvalue weighted by molar-refractivity contribution is -0.121. The monoisotopic (exact) mass is 227 g/mol. The standard InChI is InChI=1S/C12H23N2O2/c1-3-11(2)10-12(15)13-4-5-14-6-8-16-9-7-14/h3,11H,4-10H2,1-2H3,(H,13,15)/t11-/m0/s1. The van der Waals surface area contributed by atoms with Crippen molar-refractivity contribution >= 4 is 5.91 Å². The van der Waals surface area contributed by atoms with E-state index in [-0.39, 0.29) is 5.91 Å². The summed E-state index contributed by atoms with van der Waals surface area (Å²) >= 11 is 0.